The van der Waals surface area contributed by atoms with Gasteiger partial charge in [-0.2, -0.15) is 0 Å². The van der Waals surface area contributed by atoms with Crippen LogP contribution in [0, 0.1) is 0 Å². The minimum absolute atomic E-state index is 0.266. The SMILES string of the molecule is COC(=O)/C=C/C=C/C=C/C=C/C=C/C=C/CCO[Si](C)(C)C(C)(C)C. The summed E-state index contributed by atoms with van der Waals surface area (Å²) in [7, 11) is -0.265. The lowest BCUT2D eigenvalue weighted by Crippen LogP contribution is -2.40. The Kier molecular flexibility index (Phi) is 12.3. The van der Waals surface area contributed by atoms with Gasteiger partial charge in [0.25, 0.3) is 0 Å². The van der Waals surface area contributed by atoms with Crippen LogP contribution >= 0.6 is 0 Å². The lowest BCUT2D eigenvalue weighted by molar-refractivity contribution is -0.134. The van der Waals surface area contributed by atoms with Gasteiger partial charge in [0.2, 0.25) is 0 Å². The third-order valence-corrected chi connectivity index (χ3v) is 8.66. The summed E-state index contributed by atoms with van der Waals surface area (Å²) in [4.78, 5) is 10.8. The lowest BCUT2D eigenvalue weighted by Gasteiger charge is -2.36. The molecule has 0 unspecified atom stereocenters. The molecule has 26 heavy (non-hydrogen) atoms. The molecular formula is C22H34O3Si. The largest absolute Gasteiger partial charge is 0.466 e. The van der Waals surface area contributed by atoms with Gasteiger partial charge in [-0.15, -0.1) is 0 Å². The van der Waals surface area contributed by atoms with Gasteiger partial charge in [-0.25, -0.2) is 4.79 Å². The van der Waals surface area contributed by atoms with Gasteiger partial charge >= 0.3 is 5.97 Å². The van der Waals surface area contributed by atoms with Crippen LogP contribution in [0.4, 0.5) is 0 Å². The quantitative estimate of drug-likeness (QED) is 0.157. The highest BCUT2D eigenvalue weighted by molar-refractivity contribution is 6.74. The highest BCUT2D eigenvalue weighted by atomic mass is 28.4. The summed E-state index contributed by atoms with van der Waals surface area (Å²) in [5, 5.41) is 0.266. The number of esters is 1. The highest BCUT2D eigenvalue weighted by Gasteiger charge is 2.36. The molecule has 0 amide bonds. The van der Waals surface area contributed by atoms with Crippen LogP contribution in [0.3, 0.4) is 0 Å². The summed E-state index contributed by atoms with van der Waals surface area (Å²) in [5.41, 5.74) is 0. The first-order valence-corrected chi connectivity index (χ1v) is 11.8. The Hall–Kier alpha value is -1.91. The number of hydrogen-bond donors (Lipinski definition) is 0. The zero-order chi connectivity index (χ0) is 19.9. The lowest BCUT2D eigenvalue weighted by atomic mass is 10.2. The van der Waals surface area contributed by atoms with Crippen LogP contribution in [-0.4, -0.2) is 28.0 Å². The van der Waals surface area contributed by atoms with E-state index in [4.69, 9.17) is 4.43 Å². The van der Waals surface area contributed by atoms with Gasteiger partial charge in [-0.3, -0.25) is 0 Å². The Balaban J connectivity index is 3.96. The van der Waals surface area contributed by atoms with Crippen LogP contribution in [0.2, 0.25) is 18.1 Å². The number of rotatable bonds is 10. The Labute approximate surface area is 160 Å². The molecule has 4 heteroatoms. The third kappa shape index (κ3) is 12.4. The minimum Gasteiger partial charge on any atom is -0.466 e. The average molecular weight is 375 g/mol. The molecule has 0 aliphatic rings. The van der Waals surface area contributed by atoms with E-state index in [1.807, 2.05) is 48.6 Å². The molecule has 0 fully saturated rings. The summed E-state index contributed by atoms with van der Waals surface area (Å²) >= 11 is 0. The first kappa shape index (κ1) is 24.1. The zero-order valence-corrected chi connectivity index (χ0v) is 18.1. The van der Waals surface area contributed by atoms with E-state index in [0.29, 0.717) is 0 Å². The van der Waals surface area contributed by atoms with E-state index in [1.165, 1.54) is 13.2 Å². The molecule has 0 saturated carbocycles. The van der Waals surface area contributed by atoms with Gasteiger partial charge in [0.15, 0.2) is 8.32 Å². The van der Waals surface area contributed by atoms with Gasteiger partial charge in [-0.1, -0.05) is 87.6 Å². The molecule has 0 aromatic carbocycles. The summed E-state index contributed by atoms with van der Waals surface area (Å²) in [6.45, 7) is 12.1. The van der Waals surface area contributed by atoms with Crippen molar-refractivity contribution in [3.05, 3.63) is 72.9 Å². The van der Waals surface area contributed by atoms with Crippen molar-refractivity contribution < 1.29 is 14.0 Å². The fraction of sp³-hybridized carbons (Fsp3) is 0.409. The fourth-order valence-electron chi connectivity index (χ4n) is 1.49. The Morgan fingerprint density at radius 2 is 1.31 bits per heavy atom. The predicted octanol–water partition coefficient (Wildman–Crippen LogP) is 5.91. The second-order valence-electron chi connectivity index (χ2n) is 7.25. The number of hydrogen-bond acceptors (Lipinski definition) is 3. The molecule has 0 rings (SSSR count). The van der Waals surface area contributed by atoms with Crippen molar-refractivity contribution in [3.8, 4) is 0 Å². The van der Waals surface area contributed by atoms with Crippen molar-refractivity contribution in [2.24, 2.45) is 0 Å². The molecule has 0 atom stereocenters. The van der Waals surface area contributed by atoms with E-state index >= 15 is 0 Å². The maximum absolute atomic E-state index is 10.8. The van der Waals surface area contributed by atoms with Crippen molar-refractivity contribution >= 4 is 14.3 Å². The molecule has 144 valence electrons. The van der Waals surface area contributed by atoms with Crippen LogP contribution in [0.15, 0.2) is 72.9 Å². The number of carbonyl (C=O) groups is 1. The van der Waals surface area contributed by atoms with Crippen LogP contribution in [0.25, 0.3) is 0 Å². The molecule has 0 radical (unpaired) electrons. The first-order valence-electron chi connectivity index (χ1n) is 8.92. The molecule has 0 aromatic rings. The predicted molar refractivity (Wildman–Crippen MR) is 115 cm³/mol. The summed E-state index contributed by atoms with van der Waals surface area (Å²) in [6, 6.07) is 0. The molecule has 0 N–H and O–H groups in total. The highest BCUT2D eigenvalue weighted by Crippen LogP contribution is 2.36. The summed E-state index contributed by atoms with van der Waals surface area (Å²) in [6.07, 6.45) is 23.4. The molecule has 0 aromatic heterocycles. The average Bonchev–Trinajstić information content (AvgIpc) is 2.56. The molecule has 3 nitrogen and oxygen atoms in total. The molecular weight excluding hydrogens is 340 g/mol. The maximum Gasteiger partial charge on any atom is 0.330 e. The van der Waals surface area contributed by atoms with Gasteiger partial charge in [0, 0.05) is 12.7 Å². The maximum atomic E-state index is 10.8. The number of ether oxygens (including phenoxy) is 1. The van der Waals surface area contributed by atoms with Gasteiger partial charge in [-0.05, 0) is 24.6 Å². The topological polar surface area (TPSA) is 35.5 Å². The normalized spacial score (nSPS) is 14.2. The van der Waals surface area contributed by atoms with Crippen molar-refractivity contribution in [3.63, 3.8) is 0 Å². The van der Waals surface area contributed by atoms with Gasteiger partial charge in [0.05, 0.1) is 7.11 Å². The molecule has 0 aliphatic carbocycles. The van der Waals surface area contributed by atoms with Crippen LogP contribution < -0.4 is 0 Å². The van der Waals surface area contributed by atoms with Crippen LogP contribution in [0.1, 0.15) is 27.2 Å². The Morgan fingerprint density at radius 3 is 1.77 bits per heavy atom. The Morgan fingerprint density at radius 1 is 0.846 bits per heavy atom. The second kappa shape index (κ2) is 13.3. The summed E-state index contributed by atoms with van der Waals surface area (Å²) in [5.74, 6) is -0.358. The van der Waals surface area contributed by atoms with Crippen molar-refractivity contribution in [2.75, 3.05) is 13.7 Å². The van der Waals surface area contributed by atoms with E-state index in [9.17, 15) is 4.79 Å². The standard InChI is InChI=1S/C22H34O3Si/c1-22(2,3)26(5,6)25-20-18-16-14-12-10-8-7-9-11-13-15-17-19-21(23)24-4/h7-17,19H,18,20H2,1-6H3/b8-7+,11-9+,12-10+,15-13+,16-14+,19-17+. The number of carbonyl (C=O) groups excluding carboxylic acids is 1. The molecule has 0 heterocycles. The van der Waals surface area contributed by atoms with E-state index < -0.39 is 8.32 Å². The van der Waals surface area contributed by atoms with Crippen molar-refractivity contribution in [1.82, 2.24) is 0 Å². The monoisotopic (exact) mass is 374 g/mol. The summed E-state index contributed by atoms with van der Waals surface area (Å²) < 4.78 is 10.6. The molecule has 0 bridgehead atoms. The number of methoxy groups -OCH3 is 1. The minimum atomic E-state index is -1.62. The fourth-order valence-corrected chi connectivity index (χ4v) is 2.55. The van der Waals surface area contributed by atoms with Crippen molar-refractivity contribution in [1.29, 1.82) is 0 Å². The van der Waals surface area contributed by atoms with E-state index in [1.54, 1.807) is 12.2 Å². The molecule has 0 saturated heterocycles. The van der Waals surface area contributed by atoms with Crippen molar-refractivity contribution in [2.45, 2.75) is 45.3 Å². The van der Waals surface area contributed by atoms with Gasteiger partial charge < -0.3 is 9.16 Å². The van der Waals surface area contributed by atoms with Crippen LogP contribution in [-0.2, 0) is 14.0 Å². The van der Waals surface area contributed by atoms with E-state index in [0.717, 1.165) is 13.0 Å². The number of allylic oxidation sites excluding steroid dienone is 10. The molecule has 0 aliphatic heterocycles. The van der Waals surface area contributed by atoms with Crippen LogP contribution in [0.5, 0.6) is 0 Å². The third-order valence-electron chi connectivity index (χ3n) is 4.12. The smallest absolute Gasteiger partial charge is 0.330 e. The van der Waals surface area contributed by atoms with E-state index in [-0.39, 0.29) is 11.0 Å². The van der Waals surface area contributed by atoms with Gasteiger partial charge in [0.1, 0.15) is 0 Å². The Bertz CT molecular complexity index is 571. The molecule has 0 spiro atoms. The van der Waals surface area contributed by atoms with E-state index in [2.05, 4.69) is 44.7 Å². The zero-order valence-electron chi connectivity index (χ0n) is 17.1. The second-order valence-corrected chi connectivity index (χ2v) is 12.1. The first-order chi connectivity index (χ1) is 12.2.